The van der Waals surface area contributed by atoms with Crippen LogP contribution in [0.3, 0.4) is 0 Å². The molecular formula is C15H12ClF6N3O2. The Bertz CT molecular complexity index is 820. The highest BCUT2D eigenvalue weighted by Crippen LogP contribution is 2.67. The lowest BCUT2D eigenvalue weighted by atomic mass is 9.77. The van der Waals surface area contributed by atoms with Gasteiger partial charge in [-0.1, -0.05) is 17.7 Å². The van der Waals surface area contributed by atoms with Crippen LogP contribution in [0.2, 0.25) is 5.02 Å². The van der Waals surface area contributed by atoms with Crippen LogP contribution in [0.4, 0.5) is 26.3 Å². The molecule has 0 bridgehead atoms. The van der Waals surface area contributed by atoms with Gasteiger partial charge < -0.3 is 9.84 Å². The van der Waals surface area contributed by atoms with Crippen molar-refractivity contribution < 1.29 is 36.2 Å². The number of halogens is 7. The molecule has 3 rings (SSSR count). The van der Waals surface area contributed by atoms with Gasteiger partial charge in [0.2, 0.25) is 0 Å². The Balaban J connectivity index is 2.06. The lowest BCUT2D eigenvalue weighted by molar-refractivity contribution is -0.274. The zero-order chi connectivity index (χ0) is 20.1. The number of hydrogen-bond acceptors (Lipinski definition) is 4. The molecular weight excluding hydrogens is 404 g/mol. The highest BCUT2D eigenvalue weighted by Gasteiger charge is 2.74. The summed E-state index contributed by atoms with van der Waals surface area (Å²) < 4.78 is 82.9. The first kappa shape index (κ1) is 19.7. The van der Waals surface area contributed by atoms with E-state index in [1.54, 1.807) is 0 Å². The van der Waals surface area contributed by atoms with Gasteiger partial charge in [-0.05, 0) is 25.0 Å². The number of ether oxygens (including phenoxy) is 1. The zero-order valence-electron chi connectivity index (χ0n) is 13.4. The average molecular weight is 416 g/mol. The van der Waals surface area contributed by atoms with E-state index in [1.165, 1.54) is 0 Å². The molecule has 1 aromatic carbocycles. The number of aromatic nitrogens is 3. The summed E-state index contributed by atoms with van der Waals surface area (Å²) in [5.74, 6) is -0.712. The lowest BCUT2D eigenvalue weighted by Gasteiger charge is -2.38. The van der Waals surface area contributed by atoms with E-state index in [-0.39, 0.29) is 18.4 Å². The molecule has 5 nitrogen and oxygen atoms in total. The highest BCUT2D eigenvalue weighted by molar-refractivity contribution is 6.31. The molecule has 0 amide bonds. The molecule has 0 saturated heterocycles. The summed E-state index contributed by atoms with van der Waals surface area (Å²) >= 11 is 5.95. The molecule has 1 aromatic heterocycles. The lowest BCUT2D eigenvalue weighted by Crippen LogP contribution is -2.49. The van der Waals surface area contributed by atoms with E-state index in [2.05, 4.69) is 14.8 Å². The van der Waals surface area contributed by atoms with Crippen molar-refractivity contribution in [3.8, 4) is 5.75 Å². The van der Waals surface area contributed by atoms with Gasteiger partial charge in [-0.3, -0.25) is 0 Å². The number of aliphatic hydroxyl groups is 1. The second-order valence-electron chi connectivity index (χ2n) is 6.22. The standard InChI is InChI=1S/C15H12ClF6N3O2/c16-11-5-9(27-15(20,21)22)1-2-10(11)13(26,6-25-8-23-7-24-25)12(3-4-12)14(17,18)19/h1-2,5,7-8,26H,3-4,6H2. The molecule has 2 aromatic rings. The van der Waals surface area contributed by atoms with Gasteiger partial charge in [0.25, 0.3) is 0 Å². The van der Waals surface area contributed by atoms with Crippen LogP contribution in [0, 0.1) is 5.41 Å². The Hall–Kier alpha value is -2.01. The second kappa shape index (κ2) is 6.26. The van der Waals surface area contributed by atoms with Gasteiger partial charge in [-0.2, -0.15) is 18.3 Å². The van der Waals surface area contributed by atoms with Crippen molar-refractivity contribution >= 4 is 11.6 Å². The Morgan fingerprint density at radius 2 is 1.85 bits per heavy atom. The fourth-order valence-corrected chi connectivity index (χ4v) is 3.45. The first-order chi connectivity index (χ1) is 12.4. The van der Waals surface area contributed by atoms with Crippen molar-refractivity contribution in [1.29, 1.82) is 0 Å². The number of rotatable bonds is 5. The third-order valence-electron chi connectivity index (χ3n) is 4.56. The third kappa shape index (κ3) is 3.57. The van der Waals surface area contributed by atoms with E-state index >= 15 is 0 Å². The van der Waals surface area contributed by atoms with Crippen LogP contribution in [0.15, 0.2) is 30.9 Å². The molecule has 27 heavy (non-hydrogen) atoms. The third-order valence-corrected chi connectivity index (χ3v) is 4.87. The van der Waals surface area contributed by atoms with Gasteiger partial charge in [0, 0.05) is 5.56 Å². The maximum Gasteiger partial charge on any atom is 0.573 e. The van der Waals surface area contributed by atoms with Gasteiger partial charge >= 0.3 is 12.5 Å². The van der Waals surface area contributed by atoms with Crippen LogP contribution in [-0.4, -0.2) is 32.4 Å². The van der Waals surface area contributed by atoms with Crippen LogP contribution in [0.25, 0.3) is 0 Å². The average Bonchev–Trinajstić information content (AvgIpc) is 3.20. The fourth-order valence-electron chi connectivity index (χ4n) is 3.13. The number of hydrogen-bond donors (Lipinski definition) is 1. The molecule has 0 aliphatic heterocycles. The van der Waals surface area contributed by atoms with Crippen LogP contribution >= 0.6 is 11.6 Å². The number of alkyl halides is 6. The first-order valence-corrected chi connectivity index (χ1v) is 7.93. The monoisotopic (exact) mass is 415 g/mol. The molecule has 0 spiro atoms. The minimum absolute atomic E-state index is 0.362. The maximum atomic E-state index is 13.7. The normalized spacial score (nSPS) is 18.8. The van der Waals surface area contributed by atoms with Crippen molar-refractivity contribution in [3.63, 3.8) is 0 Å². The summed E-state index contributed by atoms with van der Waals surface area (Å²) in [4.78, 5) is 3.62. The van der Waals surface area contributed by atoms with Crippen molar-refractivity contribution in [1.82, 2.24) is 14.8 Å². The molecule has 148 valence electrons. The quantitative estimate of drug-likeness (QED) is 0.748. The molecule has 1 aliphatic rings. The second-order valence-corrected chi connectivity index (χ2v) is 6.63. The predicted octanol–water partition coefficient (Wildman–Crippen LogP) is 4.06. The van der Waals surface area contributed by atoms with Gasteiger partial charge in [0.15, 0.2) is 0 Å². The minimum Gasteiger partial charge on any atom is -0.406 e. The van der Waals surface area contributed by atoms with E-state index < -0.39 is 40.9 Å². The Morgan fingerprint density at radius 3 is 2.30 bits per heavy atom. The minimum atomic E-state index is -4.99. The number of nitrogens with zero attached hydrogens (tertiary/aromatic N) is 3. The molecule has 1 atom stereocenters. The molecule has 1 fully saturated rings. The SMILES string of the molecule is OC(Cn1cncn1)(c1ccc(OC(F)(F)F)cc1Cl)C1(C(F)(F)F)CC1. The van der Waals surface area contributed by atoms with E-state index in [0.29, 0.717) is 6.07 Å². The summed E-state index contributed by atoms with van der Waals surface area (Å²) in [7, 11) is 0. The summed E-state index contributed by atoms with van der Waals surface area (Å²) in [6.45, 7) is -0.633. The van der Waals surface area contributed by atoms with Crippen molar-refractivity contribution in [3.05, 3.63) is 41.4 Å². The summed E-state index contributed by atoms with van der Waals surface area (Å²) in [5.41, 5.74) is -5.43. The Labute approximate surface area is 153 Å². The van der Waals surface area contributed by atoms with E-state index in [9.17, 15) is 31.4 Å². The van der Waals surface area contributed by atoms with E-state index in [1.807, 2.05) is 0 Å². The van der Waals surface area contributed by atoms with Crippen LogP contribution < -0.4 is 4.74 Å². The van der Waals surface area contributed by atoms with Gasteiger partial charge in [-0.15, -0.1) is 13.2 Å². The molecule has 1 saturated carbocycles. The summed E-state index contributed by atoms with van der Waals surface area (Å²) in [6, 6.07) is 2.41. The van der Waals surface area contributed by atoms with Gasteiger partial charge in [0.1, 0.15) is 29.4 Å². The Kier molecular flexibility index (Phi) is 4.58. The van der Waals surface area contributed by atoms with Crippen molar-refractivity contribution in [2.24, 2.45) is 5.41 Å². The highest BCUT2D eigenvalue weighted by atomic mass is 35.5. The molecule has 0 radical (unpaired) electrons. The fraction of sp³-hybridized carbons (Fsp3) is 0.467. The Morgan fingerprint density at radius 1 is 1.19 bits per heavy atom. The van der Waals surface area contributed by atoms with Crippen LogP contribution in [0.1, 0.15) is 18.4 Å². The van der Waals surface area contributed by atoms with Crippen molar-refractivity contribution in [2.75, 3.05) is 0 Å². The summed E-state index contributed by atoms with van der Waals surface area (Å²) in [5, 5.41) is 14.3. The largest absolute Gasteiger partial charge is 0.573 e. The van der Waals surface area contributed by atoms with Crippen LogP contribution in [0.5, 0.6) is 5.75 Å². The van der Waals surface area contributed by atoms with E-state index in [4.69, 9.17) is 11.6 Å². The van der Waals surface area contributed by atoms with Gasteiger partial charge in [-0.25, -0.2) is 9.67 Å². The van der Waals surface area contributed by atoms with Crippen molar-refractivity contribution in [2.45, 2.75) is 37.5 Å². The summed E-state index contributed by atoms with van der Waals surface area (Å²) in [6.07, 6.45) is -8.29. The molecule has 1 heterocycles. The molecule has 1 unspecified atom stereocenters. The van der Waals surface area contributed by atoms with E-state index in [0.717, 1.165) is 29.5 Å². The predicted molar refractivity (Wildman–Crippen MR) is 79.8 cm³/mol. The first-order valence-electron chi connectivity index (χ1n) is 7.55. The number of benzene rings is 1. The smallest absolute Gasteiger partial charge is 0.406 e. The molecule has 1 N–H and O–H groups in total. The van der Waals surface area contributed by atoms with Gasteiger partial charge in [0.05, 0.1) is 11.6 Å². The molecule has 1 aliphatic carbocycles. The van der Waals surface area contributed by atoms with Crippen LogP contribution in [-0.2, 0) is 12.1 Å². The zero-order valence-corrected chi connectivity index (χ0v) is 14.1. The topological polar surface area (TPSA) is 60.2 Å². The molecule has 12 heteroatoms. The maximum absolute atomic E-state index is 13.7.